The van der Waals surface area contributed by atoms with E-state index in [9.17, 15) is 4.39 Å². The summed E-state index contributed by atoms with van der Waals surface area (Å²) in [5.41, 5.74) is 1.66. The fourth-order valence-corrected chi connectivity index (χ4v) is 3.85. The molecule has 1 aliphatic heterocycles. The Labute approximate surface area is 106 Å². The van der Waals surface area contributed by atoms with Crippen LogP contribution >= 0.6 is 0 Å². The minimum absolute atomic E-state index is 0.102. The first-order chi connectivity index (χ1) is 8.71. The van der Waals surface area contributed by atoms with Crippen molar-refractivity contribution in [2.45, 2.75) is 11.8 Å². The normalized spacial score (nSPS) is 30.7. The number of rotatable bonds is 1. The molecule has 1 nitrogen and oxygen atoms in total. The molecule has 18 heavy (non-hydrogen) atoms. The summed E-state index contributed by atoms with van der Waals surface area (Å²) in [7, 11) is 2.18. The van der Waals surface area contributed by atoms with Crippen molar-refractivity contribution in [2.24, 2.45) is 5.92 Å². The Morgan fingerprint density at radius 3 is 2.67 bits per heavy atom. The molecular formula is C16H16FN. The summed E-state index contributed by atoms with van der Waals surface area (Å²) in [6.07, 6.45) is 1.27. The lowest BCUT2D eigenvalue weighted by atomic mass is 9.90. The average Bonchev–Trinajstić information content (AvgIpc) is 2.93. The molecule has 0 N–H and O–H groups in total. The van der Waals surface area contributed by atoms with Crippen LogP contribution in [0.25, 0.3) is 10.8 Å². The van der Waals surface area contributed by atoms with Gasteiger partial charge in [-0.15, -0.1) is 0 Å². The molecule has 2 unspecified atom stereocenters. The third-order valence-electron chi connectivity index (χ3n) is 4.72. The molecule has 0 bridgehead atoms. The number of benzene rings is 2. The van der Waals surface area contributed by atoms with Gasteiger partial charge in [0.15, 0.2) is 0 Å². The molecule has 2 aromatic carbocycles. The van der Waals surface area contributed by atoms with Crippen LogP contribution in [-0.4, -0.2) is 25.0 Å². The summed E-state index contributed by atoms with van der Waals surface area (Å²) < 4.78 is 13.9. The lowest BCUT2D eigenvalue weighted by Crippen LogP contribution is -2.22. The highest BCUT2D eigenvalue weighted by Crippen LogP contribution is 2.59. The first-order valence-corrected chi connectivity index (χ1v) is 6.57. The van der Waals surface area contributed by atoms with Crippen LogP contribution in [-0.2, 0) is 5.41 Å². The number of fused-ring (bicyclic) bond motifs is 2. The summed E-state index contributed by atoms with van der Waals surface area (Å²) in [6, 6.07) is 11.5. The highest BCUT2D eigenvalue weighted by atomic mass is 19.1. The van der Waals surface area contributed by atoms with Crippen molar-refractivity contribution in [3.63, 3.8) is 0 Å². The Hall–Kier alpha value is -1.41. The zero-order valence-electron chi connectivity index (χ0n) is 10.5. The summed E-state index contributed by atoms with van der Waals surface area (Å²) in [6.45, 7) is 2.30. The third kappa shape index (κ3) is 1.24. The van der Waals surface area contributed by atoms with E-state index in [0.717, 1.165) is 23.2 Å². The van der Waals surface area contributed by atoms with Gasteiger partial charge in [-0.2, -0.15) is 0 Å². The first kappa shape index (κ1) is 10.5. The maximum Gasteiger partial charge on any atom is 0.131 e. The second kappa shape index (κ2) is 3.33. The molecule has 0 aromatic heterocycles. The van der Waals surface area contributed by atoms with Crippen molar-refractivity contribution < 1.29 is 4.39 Å². The highest BCUT2D eigenvalue weighted by Gasteiger charge is 2.60. The van der Waals surface area contributed by atoms with Crippen LogP contribution in [0.4, 0.5) is 4.39 Å². The van der Waals surface area contributed by atoms with Crippen LogP contribution in [0.3, 0.4) is 0 Å². The van der Waals surface area contributed by atoms with Crippen LogP contribution < -0.4 is 0 Å². The Balaban J connectivity index is 1.95. The molecule has 4 rings (SSSR count). The van der Waals surface area contributed by atoms with Gasteiger partial charge in [0.2, 0.25) is 0 Å². The van der Waals surface area contributed by atoms with Crippen LogP contribution in [0, 0.1) is 11.7 Å². The minimum Gasteiger partial charge on any atom is -0.305 e. The quantitative estimate of drug-likeness (QED) is 0.741. The SMILES string of the molecule is CN1CC2CC2(c2ccc(F)c3ccccc23)C1. The lowest BCUT2D eigenvalue weighted by Gasteiger charge is -2.18. The summed E-state index contributed by atoms with van der Waals surface area (Å²) in [4.78, 5) is 2.40. The van der Waals surface area contributed by atoms with Crippen molar-refractivity contribution in [2.75, 3.05) is 20.1 Å². The van der Waals surface area contributed by atoms with E-state index in [1.54, 1.807) is 6.07 Å². The van der Waals surface area contributed by atoms with Crippen molar-refractivity contribution in [1.82, 2.24) is 4.90 Å². The fourth-order valence-electron chi connectivity index (χ4n) is 3.85. The molecule has 0 spiro atoms. The van der Waals surface area contributed by atoms with Crippen LogP contribution in [0.2, 0.25) is 0 Å². The van der Waals surface area contributed by atoms with E-state index in [-0.39, 0.29) is 5.82 Å². The van der Waals surface area contributed by atoms with Gasteiger partial charge >= 0.3 is 0 Å². The summed E-state index contributed by atoms with van der Waals surface area (Å²) >= 11 is 0. The van der Waals surface area contributed by atoms with Crippen LogP contribution in [0.1, 0.15) is 12.0 Å². The molecule has 2 aliphatic rings. The average molecular weight is 241 g/mol. The van der Waals surface area contributed by atoms with E-state index in [4.69, 9.17) is 0 Å². The number of hydrogen-bond donors (Lipinski definition) is 0. The van der Waals surface area contributed by atoms with Gasteiger partial charge in [-0.05, 0) is 36.4 Å². The predicted octanol–water partition coefficient (Wildman–Crippen LogP) is 3.18. The van der Waals surface area contributed by atoms with Gasteiger partial charge in [-0.1, -0.05) is 30.3 Å². The topological polar surface area (TPSA) is 3.24 Å². The Bertz CT molecular complexity index is 636. The lowest BCUT2D eigenvalue weighted by molar-refractivity contribution is 0.364. The van der Waals surface area contributed by atoms with Gasteiger partial charge < -0.3 is 4.90 Å². The maximum atomic E-state index is 13.9. The van der Waals surface area contributed by atoms with Crippen LogP contribution in [0.15, 0.2) is 36.4 Å². The molecule has 92 valence electrons. The van der Waals surface area contributed by atoms with E-state index >= 15 is 0 Å². The standard InChI is InChI=1S/C16H16FN/c1-18-9-11-8-16(11,10-18)14-6-7-15(17)13-5-3-2-4-12(13)14/h2-7,11H,8-10H2,1H3. The minimum atomic E-state index is -0.102. The number of hydrogen-bond acceptors (Lipinski definition) is 1. The number of likely N-dealkylation sites (tertiary alicyclic amines) is 1. The second-order valence-electron chi connectivity index (χ2n) is 5.89. The monoisotopic (exact) mass is 241 g/mol. The Morgan fingerprint density at radius 2 is 1.94 bits per heavy atom. The summed E-state index contributed by atoms with van der Waals surface area (Å²) in [5, 5.41) is 1.87. The zero-order valence-corrected chi connectivity index (χ0v) is 10.5. The van der Waals surface area contributed by atoms with E-state index < -0.39 is 0 Å². The molecule has 1 aliphatic carbocycles. The van der Waals surface area contributed by atoms with Gasteiger partial charge in [0.25, 0.3) is 0 Å². The molecule has 2 aromatic rings. The molecule has 2 fully saturated rings. The summed E-state index contributed by atoms with van der Waals surface area (Å²) in [5.74, 6) is 0.672. The molecule has 2 atom stereocenters. The Kier molecular flexibility index (Phi) is 1.94. The molecule has 1 saturated heterocycles. The van der Waals surface area contributed by atoms with E-state index in [1.807, 2.05) is 24.3 Å². The molecular weight excluding hydrogens is 225 g/mol. The molecule has 0 amide bonds. The van der Waals surface area contributed by atoms with Crippen molar-refractivity contribution in [3.8, 4) is 0 Å². The Morgan fingerprint density at radius 1 is 1.17 bits per heavy atom. The van der Waals surface area contributed by atoms with Gasteiger partial charge in [-0.3, -0.25) is 0 Å². The largest absolute Gasteiger partial charge is 0.305 e. The number of halogens is 1. The predicted molar refractivity (Wildman–Crippen MR) is 71.2 cm³/mol. The van der Waals surface area contributed by atoms with Gasteiger partial charge in [0.1, 0.15) is 5.82 Å². The van der Waals surface area contributed by atoms with E-state index in [0.29, 0.717) is 5.41 Å². The molecule has 1 saturated carbocycles. The number of nitrogens with zero attached hydrogens (tertiary/aromatic N) is 1. The second-order valence-corrected chi connectivity index (χ2v) is 5.89. The van der Waals surface area contributed by atoms with E-state index in [1.165, 1.54) is 18.5 Å². The maximum absolute atomic E-state index is 13.9. The molecule has 2 heteroatoms. The van der Waals surface area contributed by atoms with Gasteiger partial charge in [0, 0.05) is 23.9 Å². The van der Waals surface area contributed by atoms with Crippen LogP contribution in [0.5, 0.6) is 0 Å². The smallest absolute Gasteiger partial charge is 0.131 e. The fraction of sp³-hybridized carbons (Fsp3) is 0.375. The van der Waals surface area contributed by atoms with Gasteiger partial charge in [-0.25, -0.2) is 4.39 Å². The van der Waals surface area contributed by atoms with Crippen molar-refractivity contribution >= 4 is 10.8 Å². The zero-order chi connectivity index (χ0) is 12.3. The van der Waals surface area contributed by atoms with Crippen molar-refractivity contribution in [1.29, 1.82) is 0 Å². The number of likely N-dealkylation sites (N-methyl/N-ethyl adjacent to an activating group) is 1. The third-order valence-corrected chi connectivity index (χ3v) is 4.72. The van der Waals surface area contributed by atoms with Crippen molar-refractivity contribution in [3.05, 3.63) is 47.8 Å². The van der Waals surface area contributed by atoms with E-state index in [2.05, 4.69) is 18.0 Å². The number of piperidine rings is 1. The highest BCUT2D eigenvalue weighted by molar-refractivity contribution is 5.88. The molecule has 1 heterocycles. The molecule has 0 radical (unpaired) electrons. The van der Waals surface area contributed by atoms with Gasteiger partial charge in [0.05, 0.1) is 0 Å². The first-order valence-electron chi connectivity index (χ1n) is 6.57.